The van der Waals surface area contributed by atoms with Crippen molar-refractivity contribution in [1.29, 1.82) is 0 Å². The minimum absolute atomic E-state index is 0.0639. The zero-order valence-electron chi connectivity index (χ0n) is 14.7. The topological polar surface area (TPSA) is 98.8 Å². The molecule has 3 aromatic rings. The molecule has 138 valence electrons. The molecule has 27 heavy (non-hydrogen) atoms. The Balaban J connectivity index is 1.84. The summed E-state index contributed by atoms with van der Waals surface area (Å²) in [6.45, 7) is 2.54. The molecule has 0 saturated carbocycles. The third kappa shape index (κ3) is 4.30. The van der Waals surface area contributed by atoms with Gasteiger partial charge in [-0.05, 0) is 18.6 Å². The highest BCUT2D eigenvalue weighted by atomic mass is 16.6. The summed E-state index contributed by atoms with van der Waals surface area (Å²) in [5, 5.41) is 15.7. The molecule has 0 atom stereocenters. The van der Waals surface area contributed by atoms with Crippen LogP contribution in [0.4, 0.5) is 10.5 Å². The number of nitrogens with zero attached hydrogens (tertiary/aromatic N) is 3. The molecule has 2 aromatic carbocycles. The van der Waals surface area contributed by atoms with Crippen LogP contribution in [0.3, 0.4) is 0 Å². The third-order valence-corrected chi connectivity index (χ3v) is 3.95. The monoisotopic (exact) mass is 366 g/mol. The summed E-state index contributed by atoms with van der Waals surface area (Å²) in [7, 11) is 0. The van der Waals surface area contributed by atoms with Gasteiger partial charge < -0.3 is 9.30 Å². The highest BCUT2D eigenvalue weighted by Gasteiger charge is 2.09. The first kappa shape index (κ1) is 18.1. The summed E-state index contributed by atoms with van der Waals surface area (Å²) in [5.41, 5.74) is 5.14. The maximum atomic E-state index is 11.3. The molecule has 0 bridgehead atoms. The van der Waals surface area contributed by atoms with Crippen LogP contribution in [0.25, 0.3) is 10.9 Å². The molecule has 1 N–H and O–H groups in total. The number of para-hydroxylation sites is 1. The van der Waals surface area contributed by atoms with E-state index >= 15 is 0 Å². The number of carbonyl (C=O) groups excluding carboxylic acids is 1. The predicted octanol–water partition coefficient (Wildman–Crippen LogP) is 3.68. The van der Waals surface area contributed by atoms with Gasteiger partial charge in [-0.15, -0.1) is 0 Å². The molecule has 0 unspecified atom stereocenters. The van der Waals surface area contributed by atoms with Gasteiger partial charge in [0.05, 0.1) is 17.7 Å². The molecule has 1 heterocycles. The Bertz CT molecular complexity index is 993. The van der Waals surface area contributed by atoms with Crippen LogP contribution in [0.2, 0.25) is 0 Å². The lowest BCUT2D eigenvalue weighted by Gasteiger charge is -2.05. The first-order valence-electron chi connectivity index (χ1n) is 8.35. The number of carbonyl (C=O) groups is 1. The number of nitro groups is 1. The van der Waals surface area contributed by atoms with E-state index in [9.17, 15) is 14.9 Å². The van der Waals surface area contributed by atoms with Crippen molar-refractivity contribution in [3.63, 3.8) is 0 Å². The summed E-state index contributed by atoms with van der Waals surface area (Å²) in [4.78, 5) is 21.7. The number of nitrogens with one attached hydrogen (secondary N) is 1. The minimum Gasteiger partial charge on any atom is -0.449 e. The van der Waals surface area contributed by atoms with E-state index in [1.807, 2.05) is 35.0 Å². The maximum Gasteiger partial charge on any atom is 0.427 e. The normalized spacial score (nSPS) is 11.0. The second-order valence-corrected chi connectivity index (χ2v) is 5.74. The second-order valence-electron chi connectivity index (χ2n) is 5.74. The van der Waals surface area contributed by atoms with Gasteiger partial charge in [0.2, 0.25) is 0 Å². The zero-order chi connectivity index (χ0) is 19.2. The molecular formula is C19H18N4O4. The number of fused-ring (bicyclic) bond motifs is 1. The Labute approximate surface area is 155 Å². The van der Waals surface area contributed by atoms with Crippen LogP contribution in [0.5, 0.6) is 0 Å². The second kappa shape index (κ2) is 8.13. The molecule has 1 amide bonds. The number of hydrazone groups is 1. The fraction of sp³-hybridized carbons (Fsp3) is 0.158. The van der Waals surface area contributed by atoms with Crippen LogP contribution in [0.1, 0.15) is 18.1 Å². The first-order chi connectivity index (χ1) is 13.1. The molecule has 1 aromatic heterocycles. The van der Waals surface area contributed by atoms with Crippen LogP contribution >= 0.6 is 0 Å². The number of nitro benzene ring substituents is 1. The van der Waals surface area contributed by atoms with E-state index in [1.54, 1.807) is 25.3 Å². The maximum absolute atomic E-state index is 11.3. The Morgan fingerprint density at radius 2 is 2.00 bits per heavy atom. The number of aromatic nitrogens is 1. The van der Waals surface area contributed by atoms with Gasteiger partial charge in [-0.2, -0.15) is 5.10 Å². The number of rotatable bonds is 6. The Morgan fingerprint density at radius 3 is 2.70 bits per heavy atom. The smallest absolute Gasteiger partial charge is 0.427 e. The fourth-order valence-corrected chi connectivity index (χ4v) is 2.75. The largest absolute Gasteiger partial charge is 0.449 e. The Hall–Kier alpha value is -3.68. The van der Waals surface area contributed by atoms with Crippen molar-refractivity contribution >= 4 is 28.9 Å². The number of hydrogen-bond acceptors (Lipinski definition) is 5. The van der Waals surface area contributed by atoms with Crippen molar-refractivity contribution < 1.29 is 14.5 Å². The van der Waals surface area contributed by atoms with Crippen molar-refractivity contribution in [2.45, 2.75) is 13.5 Å². The van der Waals surface area contributed by atoms with Crippen molar-refractivity contribution in [3.8, 4) is 0 Å². The SMILES string of the molecule is CCOC(=O)N/N=C/c1cn(Cc2ccc([N+](=O)[O-])cc2)c2ccccc12. The number of hydrogen-bond donors (Lipinski definition) is 1. The summed E-state index contributed by atoms with van der Waals surface area (Å²) in [6, 6.07) is 14.3. The molecular weight excluding hydrogens is 348 g/mol. The highest BCUT2D eigenvalue weighted by Crippen LogP contribution is 2.22. The van der Waals surface area contributed by atoms with Crippen LogP contribution in [-0.2, 0) is 11.3 Å². The van der Waals surface area contributed by atoms with Gasteiger partial charge in [0.15, 0.2) is 0 Å². The molecule has 0 aliphatic carbocycles. The van der Waals surface area contributed by atoms with E-state index < -0.39 is 11.0 Å². The average molecular weight is 366 g/mol. The summed E-state index contributed by atoms with van der Waals surface area (Å²) >= 11 is 0. The highest BCUT2D eigenvalue weighted by molar-refractivity contribution is 5.99. The summed E-state index contributed by atoms with van der Waals surface area (Å²) in [6.07, 6.45) is 2.87. The van der Waals surface area contributed by atoms with Gasteiger partial charge in [-0.25, -0.2) is 10.2 Å². The van der Waals surface area contributed by atoms with Crippen LogP contribution in [0.15, 0.2) is 59.8 Å². The standard InChI is InChI=1S/C19H18N4O4/c1-2-27-19(24)21-20-11-15-13-22(18-6-4-3-5-17(15)18)12-14-7-9-16(10-8-14)23(25)26/h3-11,13H,2,12H2,1H3,(H,21,24)/b20-11+. The first-order valence-corrected chi connectivity index (χ1v) is 8.35. The van der Waals surface area contributed by atoms with Gasteiger partial charge in [0.25, 0.3) is 5.69 Å². The molecule has 0 fully saturated rings. The van der Waals surface area contributed by atoms with Crippen LogP contribution < -0.4 is 5.43 Å². The lowest BCUT2D eigenvalue weighted by Crippen LogP contribution is -2.18. The van der Waals surface area contributed by atoms with Gasteiger partial charge in [0.1, 0.15) is 0 Å². The lowest BCUT2D eigenvalue weighted by molar-refractivity contribution is -0.384. The summed E-state index contributed by atoms with van der Waals surface area (Å²) < 4.78 is 6.79. The van der Waals surface area contributed by atoms with E-state index in [1.165, 1.54) is 12.1 Å². The van der Waals surface area contributed by atoms with Crippen molar-refractivity contribution in [3.05, 3.63) is 76.0 Å². The van der Waals surface area contributed by atoms with E-state index in [2.05, 4.69) is 10.5 Å². The van der Waals surface area contributed by atoms with Crippen molar-refractivity contribution in [2.75, 3.05) is 6.61 Å². The van der Waals surface area contributed by atoms with Crippen molar-refractivity contribution in [1.82, 2.24) is 9.99 Å². The average Bonchev–Trinajstić information content (AvgIpc) is 3.00. The Kier molecular flexibility index (Phi) is 5.46. The van der Waals surface area contributed by atoms with E-state index in [-0.39, 0.29) is 12.3 Å². The van der Waals surface area contributed by atoms with E-state index in [4.69, 9.17) is 4.74 Å². The van der Waals surface area contributed by atoms with Crippen LogP contribution in [0, 0.1) is 10.1 Å². The molecule has 0 aliphatic heterocycles. The number of ether oxygens (including phenoxy) is 1. The zero-order valence-corrected chi connectivity index (χ0v) is 14.7. The number of amides is 1. The molecule has 0 saturated heterocycles. The van der Waals surface area contributed by atoms with Crippen molar-refractivity contribution in [2.24, 2.45) is 5.10 Å². The summed E-state index contributed by atoms with van der Waals surface area (Å²) in [5.74, 6) is 0. The third-order valence-electron chi connectivity index (χ3n) is 3.95. The molecule has 0 spiro atoms. The minimum atomic E-state index is -0.608. The van der Waals surface area contributed by atoms with E-state index in [0.717, 1.165) is 22.0 Å². The van der Waals surface area contributed by atoms with Gasteiger partial charge in [-0.3, -0.25) is 10.1 Å². The fourth-order valence-electron chi connectivity index (χ4n) is 2.75. The molecule has 3 rings (SSSR count). The van der Waals surface area contributed by atoms with E-state index in [0.29, 0.717) is 6.54 Å². The lowest BCUT2D eigenvalue weighted by atomic mass is 10.2. The quantitative estimate of drug-likeness (QED) is 0.409. The van der Waals surface area contributed by atoms with Gasteiger partial charge in [-0.1, -0.05) is 30.3 Å². The molecule has 0 aliphatic rings. The molecule has 8 nitrogen and oxygen atoms in total. The molecule has 8 heteroatoms. The van der Waals surface area contributed by atoms with Gasteiger partial charge in [0, 0.05) is 41.3 Å². The Morgan fingerprint density at radius 1 is 1.26 bits per heavy atom. The number of non-ortho nitro benzene ring substituents is 1. The predicted molar refractivity (Wildman–Crippen MR) is 102 cm³/mol. The van der Waals surface area contributed by atoms with Crippen LogP contribution in [-0.4, -0.2) is 28.4 Å². The number of benzene rings is 2. The van der Waals surface area contributed by atoms with Gasteiger partial charge >= 0.3 is 6.09 Å². The molecule has 0 radical (unpaired) electrons.